The molecule has 0 bridgehead atoms. The van der Waals surface area contributed by atoms with Crippen LogP contribution in [0.15, 0.2) is 48.5 Å². The number of sulfonamides is 1. The lowest BCUT2D eigenvalue weighted by atomic mass is 10.1. The van der Waals surface area contributed by atoms with Crippen molar-refractivity contribution in [1.29, 1.82) is 5.41 Å². The number of rotatable bonds is 13. The lowest BCUT2D eigenvalue weighted by Gasteiger charge is -2.16. The van der Waals surface area contributed by atoms with Crippen molar-refractivity contribution < 1.29 is 32.6 Å². The highest BCUT2D eigenvalue weighted by molar-refractivity contribution is 7.89. The first-order valence-electron chi connectivity index (χ1n) is 11.4. The number of aliphatic carboxylic acids is 1. The Morgan fingerprint density at radius 1 is 1.31 bits per heavy atom. The fraction of sp³-hybridized carbons (Fsp3) is 0.375. The van der Waals surface area contributed by atoms with Gasteiger partial charge in [0.15, 0.2) is 6.10 Å². The minimum Gasteiger partial charge on any atom is -0.490 e. The summed E-state index contributed by atoms with van der Waals surface area (Å²) < 4.78 is 37.5. The van der Waals surface area contributed by atoms with Crippen molar-refractivity contribution in [3.05, 3.63) is 59.7 Å². The van der Waals surface area contributed by atoms with Gasteiger partial charge in [-0.3, -0.25) is 15.1 Å². The van der Waals surface area contributed by atoms with Crippen LogP contribution < -0.4 is 20.1 Å². The Labute approximate surface area is 209 Å². The first-order valence-corrected chi connectivity index (χ1v) is 13.1. The van der Waals surface area contributed by atoms with Gasteiger partial charge in [-0.15, -0.1) is 0 Å². The maximum Gasteiger partial charge on any atom is 0.414 e. The molecule has 1 heterocycles. The topological polar surface area (TPSA) is 172 Å². The van der Waals surface area contributed by atoms with E-state index in [1.807, 2.05) is 6.92 Å². The molecule has 36 heavy (non-hydrogen) atoms. The van der Waals surface area contributed by atoms with Crippen molar-refractivity contribution in [2.45, 2.75) is 38.3 Å². The van der Waals surface area contributed by atoms with E-state index < -0.39 is 34.2 Å². The van der Waals surface area contributed by atoms with Crippen LogP contribution in [0.4, 0.5) is 10.5 Å². The number of anilines is 1. The average Bonchev–Trinajstić information content (AvgIpc) is 3.22. The third-order valence-electron chi connectivity index (χ3n) is 5.53. The molecule has 11 nitrogen and oxygen atoms in total. The van der Waals surface area contributed by atoms with E-state index in [2.05, 4.69) is 4.72 Å². The molecule has 1 saturated heterocycles. The largest absolute Gasteiger partial charge is 0.490 e. The minimum atomic E-state index is -3.69. The molecule has 194 valence electrons. The van der Waals surface area contributed by atoms with Gasteiger partial charge in [-0.05, 0) is 42.7 Å². The number of hydrogen-bond acceptors (Lipinski definition) is 7. The highest BCUT2D eigenvalue weighted by atomic mass is 32.2. The van der Waals surface area contributed by atoms with Crippen molar-refractivity contribution in [1.82, 2.24) is 4.72 Å². The van der Waals surface area contributed by atoms with Crippen LogP contribution in [0.25, 0.3) is 0 Å². The van der Waals surface area contributed by atoms with Crippen molar-refractivity contribution in [2.24, 2.45) is 5.73 Å². The number of ether oxygens (including phenoxy) is 2. The number of cyclic esters (lactones) is 1. The van der Waals surface area contributed by atoms with Crippen LogP contribution in [0.5, 0.6) is 5.75 Å². The van der Waals surface area contributed by atoms with Crippen molar-refractivity contribution in [3.63, 3.8) is 0 Å². The maximum absolute atomic E-state index is 12.3. The van der Waals surface area contributed by atoms with Gasteiger partial charge in [0.1, 0.15) is 24.2 Å². The molecule has 1 aliphatic heterocycles. The first-order chi connectivity index (χ1) is 17.1. The molecule has 1 amide bonds. The van der Waals surface area contributed by atoms with Crippen LogP contribution in [0.2, 0.25) is 0 Å². The maximum atomic E-state index is 12.3. The van der Waals surface area contributed by atoms with E-state index in [4.69, 9.17) is 20.6 Å². The van der Waals surface area contributed by atoms with Crippen LogP contribution in [0.3, 0.4) is 0 Å². The summed E-state index contributed by atoms with van der Waals surface area (Å²) in [6.45, 7) is 2.22. The van der Waals surface area contributed by atoms with E-state index in [9.17, 15) is 23.1 Å². The smallest absolute Gasteiger partial charge is 0.414 e. The number of nitrogens with one attached hydrogen (secondary N) is 2. The number of carbonyl (C=O) groups excluding carboxylic acids is 1. The number of carbonyl (C=O) groups is 2. The van der Waals surface area contributed by atoms with Crippen molar-refractivity contribution in [2.75, 3.05) is 23.8 Å². The van der Waals surface area contributed by atoms with E-state index in [-0.39, 0.29) is 31.2 Å². The molecule has 2 aromatic rings. The number of carboxylic acid groups (broad SMARTS) is 1. The molecule has 0 radical (unpaired) electrons. The third kappa shape index (κ3) is 7.43. The van der Waals surface area contributed by atoms with Gasteiger partial charge in [0.05, 0.1) is 12.3 Å². The van der Waals surface area contributed by atoms with Crippen LogP contribution in [0.1, 0.15) is 30.9 Å². The summed E-state index contributed by atoms with van der Waals surface area (Å²) in [5.74, 6) is -0.985. The van der Waals surface area contributed by atoms with E-state index in [1.54, 1.807) is 48.5 Å². The summed E-state index contributed by atoms with van der Waals surface area (Å²) in [6.07, 6.45) is 0.0701. The Bertz CT molecular complexity index is 1200. The number of amidine groups is 1. The van der Waals surface area contributed by atoms with Gasteiger partial charge in [-0.25, -0.2) is 17.9 Å². The molecule has 1 fully saturated rings. The molecule has 2 atom stereocenters. The molecule has 3 rings (SSSR count). The number of hydrogen-bond donors (Lipinski definition) is 4. The van der Waals surface area contributed by atoms with E-state index in [0.29, 0.717) is 35.4 Å². The summed E-state index contributed by atoms with van der Waals surface area (Å²) in [5.41, 5.74) is 7.21. The zero-order chi connectivity index (χ0) is 26.3. The number of nitrogens with two attached hydrogens (primary N) is 1. The zero-order valence-corrected chi connectivity index (χ0v) is 20.7. The Balaban J connectivity index is 1.55. The predicted molar refractivity (Wildman–Crippen MR) is 134 cm³/mol. The number of carboxylic acids is 1. The summed E-state index contributed by atoms with van der Waals surface area (Å²) in [4.78, 5) is 25.3. The number of nitrogens with zero attached hydrogens (tertiary/aromatic N) is 1. The standard InChI is InChI=1S/C24H30N4O7S/c1-2-3-11-36(32,33)27-21(23(29)30)12-16-7-9-19(10-8-16)34-15-20-14-28(24(31)35-20)18-6-4-5-17(13-18)22(25)26/h4-10,13,20-21,27H,2-3,11-12,14-15H2,1H3,(H3,25,26)(H,29,30). The van der Waals surface area contributed by atoms with Gasteiger partial charge in [0.2, 0.25) is 10.0 Å². The molecule has 0 aromatic heterocycles. The van der Waals surface area contributed by atoms with Crippen LogP contribution in [-0.2, 0) is 26.0 Å². The fourth-order valence-electron chi connectivity index (χ4n) is 3.60. The van der Waals surface area contributed by atoms with Crippen molar-refractivity contribution in [3.8, 4) is 5.75 Å². The number of nitrogen functional groups attached to an aromatic ring is 1. The monoisotopic (exact) mass is 518 g/mol. The predicted octanol–water partition coefficient (Wildman–Crippen LogP) is 2.09. The van der Waals surface area contributed by atoms with E-state index in [0.717, 1.165) is 0 Å². The van der Waals surface area contributed by atoms with Gasteiger partial charge >= 0.3 is 12.1 Å². The Morgan fingerprint density at radius 2 is 2.03 bits per heavy atom. The second-order valence-electron chi connectivity index (χ2n) is 8.42. The molecule has 2 unspecified atom stereocenters. The van der Waals surface area contributed by atoms with Gasteiger partial charge < -0.3 is 20.3 Å². The van der Waals surface area contributed by atoms with Crippen LogP contribution in [-0.4, -0.2) is 62.5 Å². The zero-order valence-electron chi connectivity index (χ0n) is 19.8. The lowest BCUT2D eigenvalue weighted by molar-refractivity contribution is -0.138. The summed E-state index contributed by atoms with van der Waals surface area (Å²) in [7, 11) is -3.69. The molecule has 12 heteroatoms. The van der Waals surface area contributed by atoms with Gasteiger partial charge in [0.25, 0.3) is 0 Å². The molecule has 0 spiro atoms. The summed E-state index contributed by atoms with van der Waals surface area (Å²) >= 11 is 0. The molecule has 0 aliphatic carbocycles. The second-order valence-corrected chi connectivity index (χ2v) is 10.3. The summed E-state index contributed by atoms with van der Waals surface area (Å²) in [5, 5.41) is 17.0. The first kappa shape index (κ1) is 27.0. The average molecular weight is 519 g/mol. The van der Waals surface area contributed by atoms with Gasteiger partial charge in [-0.2, -0.15) is 0 Å². The van der Waals surface area contributed by atoms with Gasteiger partial charge in [0, 0.05) is 11.3 Å². The highest BCUT2D eigenvalue weighted by Gasteiger charge is 2.33. The molecular formula is C24H30N4O7S. The highest BCUT2D eigenvalue weighted by Crippen LogP contribution is 2.23. The Kier molecular flexibility index (Phi) is 8.88. The Morgan fingerprint density at radius 3 is 2.67 bits per heavy atom. The normalized spacial score (nSPS) is 16.4. The lowest BCUT2D eigenvalue weighted by Crippen LogP contribution is -2.43. The molecule has 5 N–H and O–H groups in total. The van der Waals surface area contributed by atoms with E-state index in [1.165, 1.54) is 4.90 Å². The molecule has 0 saturated carbocycles. The quantitative estimate of drug-likeness (QED) is 0.230. The number of unbranched alkanes of at least 4 members (excludes halogenated alkanes) is 1. The fourth-order valence-corrected chi connectivity index (χ4v) is 5.00. The Hall–Kier alpha value is -3.64. The molecular weight excluding hydrogens is 488 g/mol. The molecule has 2 aromatic carbocycles. The SMILES string of the molecule is CCCCS(=O)(=O)NC(Cc1ccc(OCC2CN(c3cccc(C(=N)N)c3)C(=O)O2)cc1)C(=O)O. The van der Waals surface area contributed by atoms with E-state index >= 15 is 0 Å². The number of amides is 1. The minimum absolute atomic E-state index is 0.0184. The summed E-state index contributed by atoms with van der Waals surface area (Å²) in [6, 6.07) is 12.1. The van der Waals surface area contributed by atoms with Crippen molar-refractivity contribution >= 4 is 33.6 Å². The van der Waals surface area contributed by atoms with Crippen LogP contribution >= 0.6 is 0 Å². The molecule has 1 aliphatic rings. The second kappa shape index (κ2) is 11.9. The third-order valence-corrected chi connectivity index (χ3v) is 7.00. The van der Waals surface area contributed by atoms with Crippen LogP contribution in [0, 0.1) is 5.41 Å². The number of benzene rings is 2. The van der Waals surface area contributed by atoms with Gasteiger partial charge in [-0.1, -0.05) is 37.6 Å².